The zero-order valence-electron chi connectivity index (χ0n) is 15.1. The number of hydrogen-bond donors (Lipinski definition) is 1. The molecule has 1 saturated heterocycles. The molecule has 3 rings (SSSR count). The first-order valence-electron chi connectivity index (χ1n) is 9.24. The van der Waals surface area contributed by atoms with Crippen molar-refractivity contribution in [1.29, 1.82) is 0 Å². The lowest BCUT2D eigenvalue weighted by Gasteiger charge is -2.24. The van der Waals surface area contributed by atoms with Gasteiger partial charge in [0.2, 0.25) is 0 Å². The van der Waals surface area contributed by atoms with Gasteiger partial charge in [-0.3, -0.25) is 9.80 Å². The molecule has 26 heavy (non-hydrogen) atoms. The Kier molecular flexibility index (Phi) is 7.50. The van der Waals surface area contributed by atoms with Gasteiger partial charge in [0, 0.05) is 30.7 Å². The lowest BCUT2D eigenvalue weighted by Crippen LogP contribution is -2.38. The van der Waals surface area contributed by atoms with Gasteiger partial charge >= 0.3 is 0 Å². The molecule has 1 unspecified atom stereocenters. The quantitative estimate of drug-likeness (QED) is 0.747. The largest absolute Gasteiger partial charge is 0.491 e. The van der Waals surface area contributed by atoms with Gasteiger partial charge in [0.05, 0.1) is 0 Å². The Morgan fingerprint density at radius 3 is 2.38 bits per heavy atom. The molecule has 2 aromatic carbocycles. The van der Waals surface area contributed by atoms with E-state index in [1.54, 1.807) is 0 Å². The van der Waals surface area contributed by atoms with Gasteiger partial charge in [-0.2, -0.15) is 0 Å². The van der Waals surface area contributed by atoms with Crippen LogP contribution in [-0.4, -0.2) is 60.3 Å². The Labute approximate surface area is 164 Å². The van der Waals surface area contributed by atoms with Crippen molar-refractivity contribution >= 4 is 15.9 Å². The van der Waals surface area contributed by atoms with Gasteiger partial charge in [0.1, 0.15) is 18.5 Å². The maximum Gasteiger partial charge on any atom is 0.119 e. The lowest BCUT2D eigenvalue weighted by atomic mass is 10.2. The third kappa shape index (κ3) is 6.40. The first-order chi connectivity index (χ1) is 12.7. The third-order valence-corrected chi connectivity index (χ3v) is 5.18. The molecule has 4 nitrogen and oxygen atoms in total. The van der Waals surface area contributed by atoms with E-state index in [1.165, 1.54) is 5.56 Å². The van der Waals surface area contributed by atoms with Gasteiger partial charge in [-0.25, -0.2) is 0 Å². The number of hydrogen-bond acceptors (Lipinski definition) is 4. The average Bonchev–Trinajstić information content (AvgIpc) is 2.87. The minimum atomic E-state index is -0.473. The highest BCUT2D eigenvalue weighted by Crippen LogP contribution is 2.16. The van der Waals surface area contributed by atoms with E-state index in [0.717, 1.165) is 49.4 Å². The monoisotopic (exact) mass is 418 g/mol. The molecule has 1 aliphatic heterocycles. The normalized spacial score (nSPS) is 17.6. The Morgan fingerprint density at radius 2 is 1.62 bits per heavy atom. The number of aliphatic hydroxyl groups excluding tert-OH is 1. The van der Waals surface area contributed by atoms with E-state index in [9.17, 15) is 5.11 Å². The number of β-amino-alcohol motifs (C(OH)–C–C–N with tert-alkyl or cyclic N) is 1. The van der Waals surface area contributed by atoms with Crippen LogP contribution in [0.2, 0.25) is 0 Å². The third-order valence-electron chi connectivity index (χ3n) is 4.66. The summed E-state index contributed by atoms with van der Waals surface area (Å²) >= 11 is 3.41. The van der Waals surface area contributed by atoms with E-state index < -0.39 is 6.10 Å². The molecule has 0 aromatic heterocycles. The number of halogens is 1. The van der Waals surface area contributed by atoms with Gasteiger partial charge in [-0.1, -0.05) is 46.3 Å². The minimum absolute atomic E-state index is 0.325. The smallest absolute Gasteiger partial charge is 0.119 e. The molecule has 0 bridgehead atoms. The van der Waals surface area contributed by atoms with Crippen LogP contribution in [0.1, 0.15) is 12.0 Å². The topological polar surface area (TPSA) is 35.9 Å². The van der Waals surface area contributed by atoms with Crippen LogP contribution < -0.4 is 4.74 Å². The summed E-state index contributed by atoms with van der Waals surface area (Å²) in [5.74, 6) is 0.789. The molecule has 1 N–H and O–H groups in total. The van der Waals surface area contributed by atoms with Crippen LogP contribution >= 0.6 is 15.9 Å². The van der Waals surface area contributed by atoms with E-state index in [1.807, 2.05) is 24.3 Å². The molecule has 2 aromatic rings. The van der Waals surface area contributed by atoms with Crippen LogP contribution in [-0.2, 0) is 6.54 Å². The Balaban J connectivity index is 1.40. The predicted octanol–water partition coefficient (Wildman–Crippen LogP) is 3.40. The molecule has 1 atom stereocenters. The molecule has 0 amide bonds. The first kappa shape index (κ1) is 19.4. The molecule has 1 aliphatic rings. The zero-order chi connectivity index (χ0) is 18.2. The number of benzene rings is 2. The van der Waals surface area contributed by atoms with Crippen molar-refractivity contribution in [1.82, 2.24) is 9.80 Å². The summed E-state index contributed by atoms with van der Waals surface area (Å²) < 4.78 is 6.71. The summed E-state index contributed by atoms with van der Waals surface area (Å²) in [5, 5.41) is 10.3. The Morgan fingerprint density at radius 1 is 0.923 bits per heavy atom. The highest BCUT2D eigenvalue weighted by molar-refractivity contribution is 9.10. The van der Waals surface area contributed by atoms with Crippen molar-refractivity contribution in [2.24, 2.45) is 0 Å². The highest BCUT2D eigenvalue weighted by atomic mass is 79.9. The van der Waals surface area contributed by atoms with Crippen molar-refractivity contribution in [2.45, 2.75) is 19.1 Å². The Hall–Kier alpha value is -1.40. The molecule has 0 spiro atoms. The minimum Gasteiger partial charge on any atom is -0.491 e. The summed E-state index contributed by atoms with van der Waals surface area (Å²) in [6.45, 7) is 6.15. The number of rotatable bonds is 7. The number of aliphatic hydroxyl groups is 1. The molecular weight excluding hydrogens is 392 g/mol. The highest BCUT2D eigenvalue weighted by Gasteiger charge is 2.18. The van der Waals surface area contributed by atoms with E-state index in [-0.39, 0.29) is 0 Å². The average molecular weight is 419 g/mol. The van der Waals surface area contributed by atoms with E-state index >= 15 is 0 Å². The Bertz CT molecular complexity index is 651. The SMILES string of the molecule is OC(COc1ccc(Br)cc1)CN1CCCN(Cc2ccccc2)CC1. The van der Waals surface area contributed by atoms with Crippen molar-refractivity contribution in [3.8, 4) is 5.75 Å². The van der Waals surface area contributed by atoms with Crippen LogP contribution in [0.4, 0.5) is 0 Å². The molecule has 1 fully saturated rings. The second-order valence-corrected chi connectivity index (χ2v) is 7.75. The van der Waals surface area contributed by atoms with Gasteiger partial charge in [-0.15, -0.1) is 0 Å². The van der Waals surface area contributed by atoms with E-state index in [0.29, 0.717) is 13.2 Å². The summed E-state index contributed by atoms with van der Waals surface area (Å²) in [7, 11) is 0. The molecule has 140 valence electrons. The summed E-state index contributed by atoms with van der Waals surface area (Å²) in [6.07, 6.45) is 0.659. The zero-order valence-corrected chi connectivity index (χ0v) is 16.6. The van der Waals surface area contributed by atoms with Gasteiger partial charge < -0.3 is 9.84 Å². The summed E-state index contributed by atoms with van der Waals surface area (Å²) in [5.41, 5.74) is 1.36. The van der Waals surface area contributed by atoms with Crippen molar-refractivity contribution in [2.75, 3.05) is 39.3 Å². The van der Waals surface area contributed by atoms with E-state index in [4.69, 9.17) is 4.74 Å². The van der Waals surface area contributed by atoms with Crippen LogP contribution in [0, 0.1) is 0 Å². The number of ether oxygens (including phenoxy) is 1. The lowest BCUT2D eigenvalue weighted by molar-refractivity contribution is 0.0693. The van der Waals surface area contributed by atoms with E-state index in [2.05, 4.69) is 56.1 Å². The summed E-state index contributed by atoms with van der Waals surface area (Å²) in [6, 6.07) is 18.3. The van der Waals surface area contributed by atoms with Crippen LogP contribution in [0.15, 0.2) is 59.1 Å². The van der Waals surface area contributed by atoms with Crippen LogP contribution in [0.3, 0.4) is 0 Å². The van der Waals surface area contributed by atoms with Gasteiger partial charge in [-0.05, 0) is 49.3 Å². The summed E-state index contributed by atoms with van der Waals surface area (Å²) in [4.78, 5) is 4.85. The fourth-order valence-electron chi connectivity index (χ4n) is 3.28. The van der Waals surface area contributed by atoms with Crippen LogP contribution in [0.5, 0.6) is 5.75 Å². The maximum absolute atomic E-state index is 10.3. The number of nitrogens with zero attached hydrogens (tertiary/aromatic N) is 2. The molecule has 1 heterocycles. The fourth-order valence-corrected chi connectivity index (χ4v) is 3.55. The fraction of sp³-hybridized carbons (Fsp3) is 0.429. The van der Waals surface area contributed by atoms with Crippen molar-refractivity contribution in [3.63, 3.8) is 0 Å². The van der Waals surface area contributed by atoms with Gasteiger partial charge in [0.25, 0.3) is 0 Å². The molecule has 5 heteroatoms. The van der Waals surface area contributed by atoms with Crippen LogP contribution in [0.25, 0.3) is 0 Å². The molecular formula is C21H27BrN2O2. The maximum atomic E-state index is 10.3. The second-order valence-electron chi connectivity index (χ2n) is 6.83. The molecule has 0 aliphatic carbocycles. The van der Waals surface area contributed by atoms with Crippen molar-refractivity contribution < 1.29 is 9.84 Å². The second kappa shape index (κ2) is 10.1. The van der Waals surface area contributed by atoms with Crippen molar-refractivity contribution in [3.05, 3.63) is 64.6 Å². The van der Waals surface area contributed by atoms with Gasteiger partial charge in [0.15, 0.2) is 0 Å². The molecule has 0 saturated carbocycles. The predicted molar refractivity (Wildman–Crippen MR) is 108 cm³/mol. The molecule has 0 radical (unpaired) electrons. The standard InChI is InChI=1S/C21H27BrN2O2/c22-19-7-9-21(10-8-19)26-17-20(25)16-24-12-4-11-23(13-14-24)15-18-5-2-1-3-6-18/h1-3,5-10,20,25H,4,11-17H2. The first-order valence-corrected chi connectivity index (χ1v) is 10.0.